The smallest absolute Gasteiger partial charge is 0.238 e. The minimum atomic E-state index is 0.563. The number of fused-ring (bicyclic) bond motifs is 10. The van der Waals surface area contributed by atoms with Crippen LogP contribution in [0.25, 0.3) is 105 Å². The third-order valence-corrected chi connectivity index (χ3v) is 9.98. The van der Waals surface area contributed by atoms with Crippen molar-refractivity contribution in [3.05, 3.63) is 158 Å². The van der Waals surface area contributed by atoms with E-state index in [4.69, 9.17) is 19.4 Å². The van der Waals surface area contributed by atoms with E-state index >= 15 is 0 Å². The predicted molar refractivity (Wildman–Crippen MR) is 205 cm³/mol. The SMILES string of the molecule is c1ccc(-c2nc(-c3cc4oc5ccccc5c4c4ccccc34)nc(-n3c4cc5ccccc5cc4c4cc5ccccc5cc43)n2)cc1. The predicted octanol–water partition coefficient (Wildman–Crippen LogP) is 11.7. The minimum absolute atomic E-state index is 0.563. The van der Waals surface area contributed by atoms with Gasteiger partial charge in [-0.3, -0.25) is 4.57 Å². The van der Waals surface area contributed by atoms with E-state index in [1.54, 1.807) is 0 Å². The Bertz CT molecular complexity index is 3060. The molecule has 0 aliphatic carbocycles. The Hall–Kier alpha value is -6.85. The molecule has 0 radical (unpaired) electrons. The second kappa shape index (κ2) is 10.3. The van der Waals surface area contributed by atoms with Crippen molar-refractivity contribution in [1.82, 2.24) is 19.5 Å². The number of aromatic nitrogens is 4. The van der Waals surface area contributed by atoms with Crippen LogP contribution < -0.4 is 0 Å². The molecule has 0 aliphatic rings. The van der Waals surface area contributed by atoms with Gasteiger partial charge in [0.2, 0.25) is 5.95 Å². The molecule has 50 heavy (non-hydrogen) atoms. The topological polar surface area (TPSA) is 56.7 Å². The molecule has 0 spiro atoms. The molecule has 0 bridgehead atoms. The van der Waals surface area contributed by atoms with Gasteiger partial charge in [0.15, 0.2) is 11.6 Å². The van der Waals surface area contributed by atoms with E-state index < -0.39 is 0 Å². The minimum Gasteiger partial charge on any atom is -0.456 e. The van der Waals surface area contributed by atoms with Gasteiger partial charge < -0.3 is 4.42 Å². The zero-order valence-corrected chi connectivity index (χ0v) is 26.7. The van der Waals surface area contributed by atoms with E-state index in [9.17, 15) is 0 Å². The van der Waals surface area contributed by atoms with Gasteiger partial charge in [0.25, 0.3) is 0 Å². The molecule has 11 rings (SSSR count). The van der Waals surface area contributed by atoms with Crippen molar-refractivity contribution in [3.63, 3.8) is 0 Å². The van der Waals surface area contributed by atoms with E-state index in [-0.39, 0.29) is 0 Å². The molecule has 0 fully saturated rings. The van der Waals surface area contributed by atoms with Crippen molar-refractivity contribution in [2.75, 3.05) is 0 Å². The summed E-state index contributed by atoms with van der Waals surface area (Å²) < 4.78 is 8.67. The quantitative estimate of drug-likeness (QED) is 0.193. The Kier molecular flexibility index (Phi) is 5.60. The summed E-state index contributed by atoms with van der Waals surface area (Å²) in [5.74, 6) is 1.76. The van der Waals surface area contributed by atoms with E-state index in [1.807, 2.05) is 30.3 Å². The Morgan fingerprint density at radius 2 is 0.940 bits per heavy atom. The molecule has 11 aromatic rings. The largest absolute Gasteiger partial charge is 0.456 e. The molecule has 232 valence electrons. The summed E-state index contributed by atoms with van der Waals surface area (Å²) in [5, 5.41) is 11.4. The standard InChI is InChI=1S/C45H26N4O/c1-2-12-27(13-3-1)43-46-44(37-26-41-42(33-19-9-8-18-32(33)37)34-20-10-11-21-40(34)50-41)48-45(47-43)49-38-24-30-16-6-4-14-28(30)22-35(38)36-23-29-15-5-7-17-31(29)25-39(36)49/h1-26H. The van der Waals surface area contributed by atoms with Crippen molar-refractivity contribution < 1.29 is 4.42 Å². The number of hydrogen-bond donors (Lipinski definition) is 0. The van der Waals surface area contributed by atoms with Crippen molar-refractivity contribution in [2.24, 2.45) is 0 Å². The van der Waals surface area contributed by atoms with Crippen LogP contribution in [-0.4, -0.2) is 19.5 Å². The highest BCUT2D eigenvalue weighted by atomic mass is 16.3. The highest BCUT2D eigenvalue weighted by molar-refractivity contribution is 6.22. The van der Waals surface area contributed by atoms with Crippen LogP contribution in [0.15, 0.2) is 162 Å². The first kappa shape index (κ1) is 27.1. The fourth-order valence-corrected chi connectivity index (χ4v) is 7.68. The fraction of sp³-hybridized carbons (Fsp3) is 0. The maximum absolute atomic E-state index is 6.46. The number of rotatable bonds is 3. The summed E-state index contributed by atoms with van der Waals surface area (Å²) in [6.45, 7) is 0. The molecule has 3 aromatic heterocycles. The Morgan fingerprint density at radius 3 is 1.62 bits per heavy atom. The molecular weight excluding hydrogens is 613 g/mol. The molecule has 0 N–H and O–H groups in total. The van der Waals surface area contributed by atoms with Crippen molar-refractivity contribution in [3.8, 4) is 28.7 Å². The van der Waals surface area contributed by atoms with E-state index in [1.165, 1.54) is 10.8 Å². The summed E-state index contributed by atoms with van der Waals surface area (Å²) in [6, 6.07) is 55.1. The second-order valence-electron chi connectivity index (χ2n) is 12.9. The first-order valence-corrected chi connectivity index (χ1v) is 16.8. The molecule has 0 aliphatic heterocycles. The van der Waals surface area contributed by atoms with Gasteiger partial charge in [-0.25, -0.2) is 4.98 Å². The Balaban J connectivity index is 1.27. The molecule has 0 saturated heterocycles. The maximum Gasteiger partial charge on any atom is 0.238 e. The van der Waals surface area contributed by atoms with Crippen LogP contribution in [0.5, 0.6) is 0 Å². The zero-order chi connectivity index (χ0) is 32.8. The van der Waals surface area contributed by atoms with Gasteiger partial charge in [-0.05, 0) is 68.7 Å². The van der Waals surface area contributed by atoms with Gasteiger partial charge >= 0.3 is 0 Å². The highest BCUT2D eigenvalue weighted by Crippen LogP contribution is 2.41. The normalized spacial score (nSPS) is 12.0. The molecule has 5 nitrogen and oxygen atoms in total. The lowest BCUT2D eigenvalue weighted by molar-refractivity contribution is 0.669. The van der Waals surface area contributed by atoms with Crippen LogP contribution in [0.1, 0.15) is 0 Å². The summed E-state index contributed by atoms with van der Waals surface area (Å²) in [6.07, 6.45) is 0. The molecule has 0 unspecified atom stereocenters. The zero-order valence-electron chi connectivity index (χ0n) is 26.7. The Labute approximate surface area is 285 Å². The number of hydrogen-bond acceptors (Lipinski definition) is 4. The van der Waals surface area contributed by atoms with Gasteiger partial charge in [-0.15, -0.1) is 0 Å². The fourth-order valence-electron chi connectivity index (χ4n) is 7.68. The van der Waals surface area contributed by atoms with Crippen molar-refractivity contribution in [2.45, 2.75) is 0 Å². The lowest BCUT2D eigenvalue weighted by atomic mass is 9.98. The molecule has 3 heterocycles. The molecule has 0 atom stereocenters. The van der Waals surface area contributed by atoms with E-state index in [0.29, 0.717) is 17.6 Å². The van der Waals surface area contributed by atoms with Gasteiger partial charge in [0, 0.05) is 32.7 Å². The van der Waals surface area contributed by atoms with Gasteiger partial charge in [-0.2, -0.15) is 9.97 Å². The molecule has 0 amide bonds. The van der Waals surface area contributed by atoms with Gasteiger partial charge in [-0.1, -0.05) is 121 Å². The van der Waals surface area contributed by atoms with Crippen LogP contribution in [0.2, 0.25) is 0 Å². The summed E-state index contributed by atoms with van der Waals surface area (Å²) >= 11 is 0. The summed E-state index contributed by atoms with van der Waals surface area (Å²) in [5.41, 5.74) is 5.56. The molecule has 0 saturated carbocycles. The number of para-hydroxylation sites is 1. The van der Waals surface area contributed by atoms with E-state index in [2.05, 4.69) is 132 Å². The van der Waals surface area contributed by atoms with Crippen LogP contribution in [-0.2, 0) is 0 Å². The number of furan rings is 1. The monoisotopic (exact) mass is 638 g/mol. The van der Waals surface area contributed by atoms with E-state index in [0.717, 1.165) is 76.4 Å². The highest BCUT2D eigenvalue weighted by Gasteiger charge is 2.21. The summed E-state index contributed by atoms with van der Waals surface area (Å²) in [7, 11) is 0. The first-order chi connectivity index (χ1) is 24.8. The third kappa shape index (κ3) is 3.98. The molecule has 8 aromatic carbocycles. The van der Waals surface area contributed by atoms with Crippen LogP contribution in [0.3, 0.4) is 0 Å². The average Bonchev–Trinajstić information content (AvgIpc) is 3.70. The molecular formula is C45H26N4O. The van der Waals surface area contributed by atoms with Crippen LogP contribution >= 0.6 is 0 Å². The lowest BCUT2D eigenvalue weighted by Crippen LogP contribution is -2.06. The number of benzene rings is 8. The lowest BCUT2D eigenvalue weighted by Gasteiger charge is -2.13. The summed E-state index contributed by atoms with van der Waals surface area (Å²) in [4.78, 5) is 15.7. The maximum atomic E-state index is 6.46. The van der Waals surface area contributed by atoms with Crippen molar-refractivity contribution >= 4 is 76.1 Å². The first-order valence-electron chi connectivity index (χ1n) is 16.8. The van der Waals surface area contributed by atoms with Crippen LogP contribution in [0.4, 0.5) is 0 Å². The van der Waals surface area contributed by atoms with Gasteiger partial charge in [0.1, 0.15) is 11.2 Å². The number of nitrogens with zero attached hydrogens (tertiary/aromatic N) is 4. The van der Waals surface area contributed by atoms with Crippen molar-refractivity contribution in [1.29, 1.82) is 0 Å². The third-order valence-electron chi connectivity index (χ3n) is 9.98. The van der Waals surface area contributed by atoms with Gasteiger partial charge in [0.05, 0.1) is 11.0 Å². The Morgan fingerprint density at radius 1 is 0.400 bits per heavy atom. The van der Waals surface area contributed by atoms with Crippen LogP contribution in [0, 0.1) is 0 Å². The average molecular weight is 639 g/mol. The molecule has 5 heteroatoms. The second-order valence-corrected chi connectivity index (χ2v) is 12.9.